The molecule has 9 heteroatoms. The first-order valence-corrected chi connectivity index (χ1v) is 13.8. The van der Waals surface area contributed by atoms with Gasteiger partial charge in [0.2, 0.25) is 0 Å². The van der Waals surface area contributed by atoms with Gasteiger partial charge in [0.15, 0.2) is 0 Å². The van der Waals surface area contributed by atoms with Gasteiger partial charge in [-0.3, -0.25) is 9.69 Å². The first-order chi connectivity index (χ1) is 17.3. The second kappa shape index (κ2) is 8.68. The minimum Gasteiger partial charge on any atom is -0.397 e. The summed E-state index contributed by atoms with van der Waals surface area (Å²) in [5.41, 5.74) is 16.9. The summed E-state index contributed by atoms with van der Waals surface area (Å²) in [6.45, 7) is 10.5. The minimum absolute atomic E-state index is 0.0658. The summed E-state index contributed by atoms with van der Waals surface area (Å²) in [5.74, 6) is 1.50. The summed E-state index contributed by atoms with van der Waals surface area (Å²) in [5, 5.41) is 4.06. The fraction of sp³-hybridized carbons (Fsp3) is 0.519. The van der Waals surface area contributed by atoms with Crippen molar-refractivity contribution in [3.63, 3.8) is 0 Å². The van der Waals surface area contributed by atoms with Gasteiger partial charge in [0.05, 0.1) is 5.69 Å². The van der Waals surface area contributed by atoms with Crippen molar-refractivity contribution in [2.45, 2.75) is 57.7 Å². The molecule has 3 unspecified atom stereocenters. The number of likely N-dealkylation sites (tertiary alicyclic amines) is 1. The molecule has 0 saturated carbocycles. The SMILES string of the molecule is CCN1CC2CN(c3ccc4c(n3)CC[C@H](NC(=O)c3sc5nc(C)ccc5c3N)C4)CC(N)C21C. The van der Waals surface area contributed by atoms with Crippen molar-refractivity contribution in [3.05, 3.63) is 46.1 Å². The molecule has 4 atom stereocenters. The molecular weight excluding hydrogens is 470 g/mol. The van der Waals surface area contributed by atoms with Crippen LogP contribution in [0.3, 0.4) is 0 Å². The molecule has 5 heterocycles. The molecule has 1 aliphatic carbocycles. The van der Waals surface area contributed by atoms with E-state index in [1.54, 1.807) is 0 Å². The molecule has 8 nitrogen and oxygen atoms in total. The summed E-state index contributed by atoms with van der Waals surface area (Å²) in [6, 6.07) is 8.37. The van der Waals surface area contributed by atoms with E-state index in [0.717, 1.165) is 72.9 Å². The number of nitrogen functional groups attached to an aromatic ring is 1. The average molecular weight is 506 g/mol. The maximum atomic E-state index is 13.1. The summed E-state index contributed by atoms with van der Waals surface area (Å²) >= 11 is 1.37. The zero-order valence-electron chi connectivity index (χ0n) is 21.3. The number of amides is 1. The molecule has 0 radical (unpaired) electrons. The second-order valence-electron chi connectivity index (χ2n) is 10.8. The number of nitrogens with zero attached hydrogens (tertiary/aromatic N) is 4. The van der Waals surface area contributed by atoms with Crippen molar-refractivity contribution in [2.24, 2.45) is 11.7 Å². The number of likely N-dealkylation sites (N-methyl/N-ethyl adjacent to an activating group) is 1. The van der Waals surface area contributed by atoms with Gasteiger partial charge in [-0.15, -0.1) is 11.3 Å². The van der Waals surface area contributed by atoms with Crippen molar-refractivity contribution < 1.29 is 4.79 Å². The van der Waals surface area contributed by atoms with Gasteiger partial charge in [-0.1, -0.05) is 13.0 Å². The summed E-state index contributed by atoms with van der Waals surface area (Å²) < 4.78 is 0. The topological polar surface area (TPSA) is 113 Å². The van der Waals surface area contributed by atoms with Gasteiger partial charge in [0.1, 0.15) is 15.5 Å². The fourth-order valence-electron chi connectivity index (χ4n) is 6.40. The largest absolute Gasteiger partial charge is 0.397 e. The maximum absolute atomic E-state index is 13.1. The Morgan fingerprint density at radius 2 is 2.06 bits per heavy atom. The first-order valence-electron chi connectivity index (χ1n) is 13.0. The normalized spacial score (nSPS) is 27.9. The highest BCUT2D eigenvalue weighted by atomic mass is 32.1. The lowest BCUT2D eigenvalue weighted by Crippen LogP contribution is -2.79. The molecule has 2 aliphatic heterocycles. The van der Waals surface area contributed by atoms with Crippen LogP contribution in [0.15, 0.2) is 24.3 Å². The van der Waals surface area contributed by atoms with Gasteiger partial charge < -0.3 is 21.7 Å². The Balaban J connectivity index is 1.13. The zero-order chi connectivity index (χ0) is 25.2. The van der Waals surface area contributed by atoms with Crippen LogP contribution in [0.5, 0.6) is 0 Å². The van der Waals surface area contributed by atoms with Crippen LogP contribution in [0.4, 0.5) is 11.5 Å². The number of pyridine rings is 2. The number of aryl methyl sites for hydroxylation is 2. The Bertz CT molecular complexity index is 1330. The number of fused-ring (bicyclic) bond motifs is 3. The third kappa shape index (κ3) is 3.67. The monoisotopic (exact) mass is 505 g/mol. The number of carbonyl (C=O) groups excluding carboxylic acids is 1. The van der Waals surface area contributed by atoms with Gasteiger partial charge >= 0.3 is 0 Å². The van der Waals surface area contributed by atoms with Crippen LogP contribution >= 0.6 is 11.3 Å². The highest BCUT2D eigenvalue weighted by Crippen LogP contribution is 2.42. The van der Waals surface area contributed by atoms with E-state index in [9.17, 15) is 4.79 Å². The number of piperidine rings is 1. The predicted molar refractivity (Wildman–Crippen MR) is 146 cm³/mol. The molecule has 3 aliphatic rings. The molecular formula is C27H35N7OS. The number of aromatic nitrogens is 2. The average Bonchev–Trinajstić information content (AvgIpc) is 3.19. The predicted octanol–water partition coefficient (Wildman–Crippen LogP) is 2.73. The molecule has 0 aromatic carbocycles. The van der Waals surface area contributed by atoms with E-state index >= 15 is 0 Å². The number of nitrogens with one attached hydrogen (secondary N) is 1. The van der Waals surface area contributed by atoms with E-state index in [-0.39, 0.29) is 23.5 Å². The standard InChI is InChI=1S/C27H35N7OS/c1-4-34-13-17-12-33(14-21(28)27(17,34)3)22-10-6-16-11-18(7-9-20(16)32-22)31-25(35)24-23(29)19-8-5-15(2)30-26(19)36-24/h5-6,8,10,17-18,21H,4,7,9,11-14,28-29H2,1-3H3,(H,31,35)/t17?,18-,21?,27?/m0/s1. The lowest BCUT2D eigenvalue weighted by Gasteiger charge is -2.64. The van der Waals surface area contributed by atoms with Crippen LogP contribution in [0.2, 0.25) is 0 Å². The van der Waals surface area contributed by atoms with E-state index in [0.29, 0.717) is 16.5 Å². The van der Waals surface area contributed by atoms with Crippen LogP contribution in [0, 0.1) is 12.8 Å². The van der Waals surface area contributed by atoms with Crippen molar-refractivity contribution in [1.29, 1.82) is 0 Å². The molecule has 0 spiro atoms. The maximum Gasteiger partial charge on any atom is 0.263 e. The summed E-state index contributed by atoms with van der Waals surface area (Å²) in [6.07, 6.45) is 2.49. The van der Waals surface area contributed by atoms with E-state index < -0.39 is 0 Å². The van der Waals surface area contributed by atoms with E-state index in [1.807, 2.05) is 19.1 Å². The van der Waals surface area contributed by atoms with Gasteiger partial charge in [-0.2, -0.15) is 0 Å². The highest BCUT2D eigenvalue weighted by Gasteiger charge is 2.56. The lowest BCUT2D eigenvalue weighted by molar-refractivity contribution is -0.0891. The minimum atomic E-state index is -0.113. The Morgan fingerprint density at radius 1 is 1.22 bits per heavy atom. The van der Waals surface area contributed by atoms with Crippen molar-refractivity contribution in [1.82, 2.24) is 20.2 Å². The smallest absolute Gasteiger partial charge is 0.263 e. The Morgan fingerprint density at radius 3 is 2.83 bits per heavy atom. The molecule has 3 aromatic heterocycles. The molecule has 6 rings (SSSR count). The van der Waals surface area contributed by atoms with E-state index in [2.05, 4.69) is 46.1 Å². The molecule has 5 N–H and O–H groups in total. The van der Waals surface area contributed by atoms with Gasteiger partial charge in [0, 0.05) is 59.9 Å². The van der Waals surface area contributed by atoms with Crippen LogP contribution in [0.25, 0.3) is 10.2 Å². The van der Waals surface area contributed by atoms with Crippen LogP contribution in [0.1, 0.15) is 46.9 Å². The van der Waals surface area contributed by atoms with E-state index in [4.69, 9.17) is 16.5 Å². The number of carbonyl (C=O) groups is 1. The van der Waals surface area contributed by atoms with Gasteiger partial charge in [-0.25, -0.2) is 9.97 Å². The van der Waals surface area contributed by atoms with Crippen molar-refractivity contribution in [3.8, 4) is 0 Å². The summed E-state index contributed by atoms with van der Waals surface area (Å²) in [4.78, 5) is 28.9. The Kier molecular flexibility index (Phi) is 5.70. The fourth-order valence-corrected chi connectivity index (χ4v) is 7.44. The quantitative estimate of drug-likeness (QED) is 0.500. The van der Waals surface area contributed by atoms with Gasteiger partial charge in [-0.05, 0) is 63.4 Å². The molecule has 36 heavy (non-hydrogen) atoms. The number of hydrogen-bond donors (Lipinski definition) is 3. The molecule has 190 valence electrons. The second-order valence-corrected chi connectivity index (χ2v) is 11.8. The molecule has 0 bridgehead atoms. The highest BCUT2D eigenvalue weighted by molar-refractivity contribution is 7.21. The van der Waals surface area contributed by atoms with Crippen molar-refractivity contribution in [2.75, 3.05) is 36.8 Å². The lowest BCUT2D eigenvalue weighted by atomic mass is 9.67. The third-order valence-corrected chi connectivity index (χ3v) is 9.90. The molecule has 2 fully saturated rings. The zero-order valence-corrected chi connectivity index (χ0v) is 22.1. The Hall–Kier alpha value is -2.75. The van der Waals surface area contributed by atoms with Crippen LogP contribution in [-0.2, 0) is 12.8 Å². The molecule has 3 aromatic rings. The number of rotatable bonds is 4. The molecule has 1 amide bonds. The van der Waals surface area contributed by atoms with Crippen molar-refractivity contribution >= 4 is 39.0 Å². The Labute approximate surface area is 216 Å². The number of hydrogen-bond acceptors (Lipinski definition) is 8. The third-order valence-electron chi connectivity index (χ3n) is 8.79. The van der Waals surface area contributed by atoms with Crippen LogP contribution < -0.4 is 21.7 Å². The van der Waals surface area contributed by atoms with Gasteiger partial charge in [0.25, 0.3) is 5.91 Å². The molecule has 2 saturated heterocycles. The van der Waals surface area contributed by atoms with E-state index in [1.165, 1.54) is 16.9 Å². The number of nitrogens with two attached hydrogens (primary N) is 2. The summed E-state index contributed by atoms with van der Waals surface area (Å²) in [7, 11) is 0. The van der Waals surface area contributed by atoms with Crippen LogP contribution in [-0.4, -0.2) is 64.6 Å². The first kappa shape index (κ1) is 23.6. The number of thiophene rings is 1. The number of anilines is 2.